The highest BCUT2D eigenvalue weighted by Crippen LogP contribution is 2.28. The second kappa shape index (κ2) is 8.64. The number of nitrogens with one attached hydrogen (secondary N) is 1. The average Bonchev–Trinajstić information content (AvgIpc) is 3.31. The molecule has 8 nitrogen and oxygen atoms in total. The maximum absolute atomic E-state index is 12.4. The molecule has 8 heteroatoms. The molecule has 3 aromatic rings. The first kappa shape index (κ1) is 18.8. The fraction of sp³-hybridized carbons (Fsp3) is 0.286. The summed E-state index contributed by atoms with van der Waals surface area (Å²) >= 11 is 0. The van der Waals surface area contributed by atoms with Crippen LogP contribution in [0.4, 0.5) is 11.6 Å². The van der Waals surface area contributed by atoms with E-state index in [0.717, 1.165) is 37.6 Å². The van der Waals surface area contributed by atoms with Gasteiger partial charge in [-0.15, -0.1) is 0 Å². The molecule has 1 aliphatic heterocycles. The van der Waals surface area contributed by atoms with Crippen LogP contribution < -0.4 is 19.9 Å². The van der Waals surface area contributed by atoms with Crippen molar-refractivity contribution in [3.63, 3.8) is 0 Å². The van der Waals surface area contributed by atoms with Gasteiger partial charge in [-0.2, -0.15) is 0 Å². The first-order chi connectivity index (χ1) is 14.2. The second-order valence-electron chi connectivity index (χ2n) is 6.65. The molecule has 0 atom stereocenters. The van der Waals surface area contributed by atoms with Crippen molar-refractivity contribution in [2.75, 3.05) is 43.1 Å². The summed E-state index contributed by atoms with van der Waals surface area (Å²) in [5, 5.41) is 2.81. The Hall–Kier alpha value is -3.55. The Balaban J connectivity index is 1.38. The number of rotatable bonds is 6. The van der Waals surface area contributed by atoms with Crippen LogP contribution in [0.5, 0.6) is 5.75 Å². The van der Waals surface area contributed by atoms with Crippen molar-refractivity contribution >= 4 is 17.5 Å². The minimum atomic E-state index is -0.252. The summed E-state index contributed by atoms with van der Waals surface area (Å²) in [5.41, 5.74) is 1.43. The van der Waals surface area contributed by atoms with E-state index in [1.165, 1.54) is 0 Å². The molecule has 1 fully saturated rings. The third-order valence-corrected chi connectivity index (χ3v) is 4.87. The van der Waals surface area contributed by atoms with E-state index < -0.39 is 0 Å². The average molecular weight is 393 g/mol. The van der Waals surface area contributed by atoms with Crippen LogP contribution >= 0.6 is 0 Å². The van der Waals surface area contributed by atoms with Crippen LogP contribution in [0.15, 0.2) is 59.3 Å². The number of para-hydroxylation sites is 2. The first-order valence-electron chi connectivity index (χ1n) is 9.51. The molecular formula is C21H23N5O3. The van der Waals surface area contributed by atoms with Gasteiger partial charge in [-0.3, -0.25) is 4.79 Å². The summed E-state index contributed by atoms with van der Waals surface area (Å²) in [6, 6.07) is 13.2. The van der Waals surface area contributed by atoms with Gasteiger partial charge >= 0.3 is 0 Å². The smallest absolute Gasteiger partial charge is 0.270 e. The zero-order valence-electron chi connectivity index (χ0n) is 16.2. The van der Waals surface area contributed by atoms with E-state index in [9.17, 15) is 4.79 Å². The fourth-order valence-electron chi connectivity index (χ4n) is 3.34. The highest BCUT2D eigenvalue weighted by Gasteiger charge is 2.22. The van der Waals surface area contributed by atoms with Crippen LogP contribution in [0.1, 0.15) is 16.2 Å². The molecule has 0 saturated carbocycles. The number of piperazine rings is 1. The van der Waals surface area contributed by atoms with Crippen molar-refractivity contribution in [1.29, 1.82) is 0 Å². The molecule has 0 bridgehead atoms. The largest absolute Gasteiger partial charge is 0.495 e. The molecule has 0 unspecified atom stereocenters. The normalized spacial score (nSPS) is 14.0. The van der Waals surface area contributed by atoms with Gasteiger partial charge in [0.05, 0.1) is 25.6 Å². The topological polar surface area (TPSA) is 83.7 Å². The molecule has 1 aliphatic rings. The number of carbonyl (C=O) groups is 1. The SMILES string of the molecule is COc1ccccc1N1CCN(c2nccc(C(=O)NCc3ccco3)n2)CC1. The lowest BCUT2D eigenvalue weighted by atomic mass is 10.2. The van der Waals surface area contributed by atoms with Gasteiger partial charge in [0.2, 0.25) is 5.95 Å². The number of nitrogens with zero attached hydrogens (tertiary/aromatic N) is 4. The highest BCUT2D eigenvalue weighted by atomic mass is 16.5. The molecule has 3 heterocycles. The van der Waals surface area contributed by atoms with Crippen LogP contribution in [0, 0.1) is 0 Å². The van der Waals surface area contributed by atoms with E-state index in [1.807, 2.05) is 24.3 Å². The van der Waals surface area contributed by atoms with E-state index in [0.29, 0.717) is 23.9 Å². The minimum absolute atomic E-state index is 0.252. The number of hydrogen-bond donors (Lipinski definition) is 1. The molecule has 29 heavy (non-hydrogen) atoms. The van der Waals surface area contributed by atoms with Crippen LogP contribution in [0.3, 0.4) is 0 Å². The lowest BCUT2D eigenvalue weighted by Gasteiger charge is -2.36. The summed E-state index contributed by atoms with van der Waals surface area (Å²) in [6.07, 6.45) is 3.20. The van der Waals surface area contributed by atoms with Crippen LogP contribution in [0.25, 0.3) is 0 Å². The third kappa shape index (κ3) is 4.31. The maximum atomic E-state index is 12.4. The number of benzene rings is 1. The summed E-state index contributed by atoms with van der Waals surface area (Å²) < 4.78 is 10.7. The Bertz CT molecular complexity index is 952. The van der Waals surface area contributed by atoms with Gasteiger partial charge in [0.1, 0.15) is 17.2 Å². The Labute approximate surface area is 169 Å². The lowest BCUT2D eigenvalue weighted by molar-refractivity contribution is 0.0943. The van der Waals surface area contributed by atoms with Gasteiger partial charge in [0.25, 0.3) is 5.91 Å². The van der Waals surface area contributed by atoms with Crippen molar-refractivity contribution in [2.24, 2.45) is 0 Å². The number of amides is 1. The van der Waals surface area contributed by atoms with Crippen molar-refractivity contribution in [1.82, 2.24) is 15.3 Å². The Morgan fingerprint density at radius 2 is 1.90 bits per heavy atom. The zero-order valence-corrected chi connectivity index (χ0v) is 16.2. The van der Waals surface area contributed by atoms with E-state index >= 15 is 0 Å². The monoisotopic (exact) mass is 393 g/mol. The van der Waals surface area contributed by atoms with Crippen LogP contribution in [0.2, 0.25) is 0 Å². The van der Waals surface area contributed by atoms with Gasteiger partial charge in [-0.25, -0.2) is 9.97 Å². The van der Waals surface area contributed by atoms with E-state index in [-0.39, 0.29) is 5.91 Å². The molecule has 1 amide bonds. The quantitative estimate of drug-likeness (QED) is 0.688. The number of furan rings is 1. The summed E-state index contributed by atoms with van der Waals surface area (Å²) in [5.74, 6) is 1.88. The van der Waals surface area contributed by atoms with E-state index in [1.54, 1.807) is 31.7 Å². The fourth-order valence-corrected chi connectivity index (χ4v) is 3.34. The molecule has 0 spiro atoms. The number of anilines is 2. The summed E-state index contributed by atoms with van der Waals surface area (Å²) in [7, 11) is 1.69. The molecular weight excluding hydrogens is 370 g/mol. The van der Waals surface area contributed by atoms with Crippen molar-refractivity contribution in [2.45, 2.75) is 6.54 Å². The van der Waals surface area contributed by atoms with Crippen molar-refractivity contribution < 1.29 is 13.9 Å². The summed E-state index contributed by atoms with van der Waals surface area (Å²) in [4.78, 5) is 25.6. The van der Waals surface area contributed by atoms with E-state index in [4.69, 9.17) is 9.15 Å². The predicted molar refractivity (Wildman–Crippen MR) is 109 cm³/mol. The molecule has 0 radical (unpaired) electrons. The highest BCUT2D eigenvalue weighted by molar-refractivity contribution is 5.92. The standard InChI is InChI=1S/C21H23N5O3/c1-28-19-7-3-2-6-18(19)25-10-12-26(13-11-25)21-22-9-8-17(24-21)20(27)23-15-16-5-4-14-29-16/h2-9,14H,10-13,15H2,1H3,(H,23,27). The molecule has 4 rings (SSSR count). The van der Waals surface area contributed by atoms with Gasteiger partial charge in [0, 0.05) is 32.4 Å². The van der Waals surface area contributed by atoms with Crippen LogP contribution in [-0.4, -0.2) is 49.2 Å². The molecule has 1 saturated heterocycles. The number of methoxy groups -OCH3 is 1. The summed E-state index contributed by atoms with van der Waals surface area (Å²) in [6.45, 7) is 3.48. The maximum Gasteiger partial charge on any atom is 0.270 e. The number of carbonyl (C=O) groups excluding carboxylic acids is 1. The number of ether oxygens (including phenoxy) is 1. The molecule has 2 aromatic heterocycles. The molecule has 1 N–H and O–H groups in total. The molecule has 1 aromatic carbocycles. The molecule has 0 aliphatic carbocycles. The van der Waals surface area contributed by atoms with Gasteiger partial charge in [-0.1, -0.05) is 12.1 Å². The predicted octanol–water partition coefficient (Wildman–Crippen LogP) is 2.33. The Kier molecular flexibility index (Phi) is 5.60. The number of aromatic nitrogens is 2. The van der Waals surface area contributed by atoms with Gasteiger partial charge < -0.3 is 24.3 Å². The van der Waals surface area contributed by atoms with Gasteiger partial charge in [0.15, 0.2) is 0 Å². The van der Waals surface area contributed by atoms with Crippen molar-refractivity contribution in [3.8, 4) is 5.75 Å². The minimum Gasteiger partial charge on any atom is -0.495 e. The second-order valence-corrected chi connectivity index (χ2v) is 6.65. The van der Waals surface area contributed by atoms with Crippen LogP contribution in [-0.2, 0) is 6.54 Å². The Morgan fingerprint density at radius 3 is 2.66 bits per heavy atom. The first-order valence-corrected chi connectivity index (χ1v) is 9.51. The van der Waals surface area contributed by atoms with Crippen molar-refractivity contribution in [3.05, 3.63) is 66.4 Å². The van der Waals surface area contributed by atoms with Gasteiger partial charge in [-0.05, 0) is 30.3 Å². The lowest BCUT2D eigenvalue weighted by Crippen LogP contribution is -2.47. The molecule has 150 valence electrons. The third-order valence-electron chi connectivity index (χ3n) is 4.87. The number of hydrogen-bond acceptors (Lipinski definition) is 7. The Morgan fingerprint density at radius 1 is 1.10 bits per heavy atom. The van der Waals surface area contributed by atoms with E-state index in [2.05, 4.69) is 31.2 Å². The zero-order chi connectivity index (χ0) is 20.1.